The molecule has 3 aromatic rings. The lowest BCUT2D eigenvalue weighted by Crippen LogP contribution is -2.28. The van der Waals surface area contributed by atoms with Crippen molar-refractivity contribution in [3.8, 4) is 11.5 Å². The first-order chi connectivity index (χ1) is 34.3. The largest absolute Gasteiger partial charge is 0.508 e. The molecule has 3 rings (SSSR count). The minimum Gasteiger partial charge on any atom is -0.508 e. The number of hydrogen-bond acceptors (Lipinski definition) is 9. The number of unbranched alkanes of at least 4 members (excludes halogenated alkanes) is 2. The summed E-state index contributed by atoms with van der Waals surface area (Å²) in [5, 5.41) is 20.5. The first-order valence-electron chi connectivity index (χ1n) is 28.9. The van der Waals surface area contributed by atoms with Gasteiger partial charge in [0.1, 0.15) is 11.5 Å². The van der Waals surface area contributed by atoms with E-state index < -0.39 is 0 Å². The summed E-state index contributed by atoms with van der Waals surface area (Å²) in [7, 11) is 8.43. The van der Waals surface area contributed by atoms with Crippen molar-refractivity contribution >= 4 is 12.6 Å². The molecule has 0 aliphatic heterocycles. The van der Waals surface area contributed by atoms with Crippen LogP contribution in [-0.4, -0.2) is 159 Å². The monoisotopic (exact) mass is 1000 g/mol. The Kier molecular flexibility index (Phi) is 39.9. The maximum absolute atomic E-state index is 10.3. The van der Waals surface area contributed by atoms with Crippen molar-refractivity contribution in [1.82, 2.24) is 29.4 Å². The van der Waals surface area contributed by atoms with Gasteiger partial charge in [-0.25, -0.2) is 0 Å². The first kappa shape index (κ1) is 66.4. The molecule has 0 saturated heterocycles. The van der Waals surface area contributed by atoms with Crippen molar-refractivity contribution in [2.75, 3.05) is 120 Å². The van der Waals surface area contributed by atoms with Gasteiger partial charge in [-0.15, -0.1) is 12.6 Å². The number of benzene rings is 3. The predicted molar refractivity (Wildman–Crippen MR) is 316 cm³/mol. The lowest BCUT2D eigenvalue weighted by Gasteiger charge is -2.22. The van der Waals surface area contributed by atoms with E-state index in [4.69, 9.17) is 0 Å². The van der Waals surface area contributed by atoms with E-state index in [9.17, 15) is 10.2 Å². The summed E-state index contributed by atoms with van der Waals surface area (Å²) in [5.41, 5.74) is 7.74. The van der Waals surface area contributed by atoms with Crippen LogP contribution >= 0.6 is 12.6 Å². The Bertz CT molecular complexity index is 1700. The van der Waals surface area contributed by atoms with Crippen LogP contribution in [0.4, 0.5) is 0 Å². The average molecular weight is 1010 g/mol. The number of aryl methyl sites for hydroxylation is 2. The predicted octanol–water partition coefficient (Wildman–Crippen LogP) is 13.2. The van der Waals surface area contributed by atoms with Crippen LogP contribution in [0.5, 0.6) is 11.5 Å². The zero-order chi connectivity index (χ0) is 52.7. The molecule has 0 radical (unpaired) electrons. The van der Waals surface area contributed by atoms with Crippen molar-refractivity contribution in [2.24, 2.45) is 0 Å². The van der Waals surface area contributed by atoms with Gasteiger partial charge in [0.15, 0.2) is 0 Å². The fourth-order valence-electron chi connectivity index (χ4n) is 9.43. The molecular formula is C62H112N6O2S. The molecule has 0 aromatic heterocycles. The summed E-state index contributed by atoms with van der Waals surface area (Å²) >= 11 is 4.53. The zero-order valence-corrected chi connectivity index (χ0v) is 49.2. The van der Waals surface area contributed by atoms with E-state index in [0.717, 1.165) is 100 Å². The van der Waals surface area contributed by atoms with Crippen LogP contribution in [0.2, 0.25) is 0 Å². The van der Waals surface area contributed by atoms with Crippen LogP contribution in [0.15, 0.2) is 59.5 Å². The summed E-state index contributed by atoms with van der Waals surface area (Å²) in [5.74, 6) is 0.931. The Morgan fingerprint density at radius 1 is 0.324 bits per heavy atom. The fourth-order valence-corrected chi connectivity index (χ4v) is 9.68. The normalized spacial score (nSPS) is 11.6. The van der Waals surface area contributed by atoms with E-state index in [0.29, 0.717) is 11.5 Å². The van der Waals surface area contributed by atoms with E-state index in [-0.39, 0.29) is 0 Å². The highest BCUT2D eigenvalue weighted by molar-refractivity contribution is 7.80. The molecule has 0 unspecified atom stereocenters. The molecule has 0 aliphatic rings. The minimum atomic E-state index is 0.454. The van der Waals surface area contributed by atoms with Crippen LogP contribution in [0, 0.1) is 0 Å². The number of phenolic OH excluding ortho intramolecular Hbond substituents is 2. The SMILES string of the molecule is CCCN(CCC)CCCCc1ccc(O)c(CCCCN(CCC)CCC)c1.CCCN(CCC)CCc1ccc(O)c(CCN(CCC)CCC)c1.CN(C)CCc1ccc(S)c(CCN(C)C)c1. The number of aromatic hydroxyl groups is 2. The van der Waals surface area contributed by atoms with Crippen LogP contribution in [0.3, 0.4) is 0 Å². The molecule has 0 atom stereocenters. The number of rotatable bonds is 38. The number of hydrogen-bond donors (Lipinski definition) is 3. The lowest BCUT2D eigenvalue weighted by molar-refractivity contribution is 0.269. The average Bonchev–Trinajstić information content (AvgIpc) is 3.34. The van der Waals surface area contributed by atoms with Crippen molar-refractivity contribution in [3.05, 3.63) is 88.0 Å². The Balaban J connectivity index is 0.000000550. The van der Waals surface area contributed by atoms with Gasteiger partial charge in [0.05, 0.1) is 0 Å². The van der Waals surface area contributed by atoms with E-state index >= 15 is 0 Å². The molecule has 408 valence electrons. The minimum absolute atomic E-state index is 0.454. The van der Waals surface area contributed by atoms with Crippen LogP contribution in [-0.2, 0) is 38.5 Å². The van der Waals surface area contributed by atoms with Crippen molar-refractivity contribution in [3.63, 3.8) is 0 Å². The van der Waals surface area contributed by atoms with Crippen molar-refractivity contribution in [1.29, 1.82) is 0 Å². The van der Waals surface area contributed by atoms with Gasteiger partial charge in [0, 0.05) is 31.1 Å². The van der Waals surface area contributed by atoms with Gasteiger partial charge in [0.25, 0.3) is 0 Å². The number of phenols is 2. The van der Waals surface area contributed by atoms with Crippen molar-refractivity contribution in [2.45, 2.75) is 176 Å². The second-order valence-corrected chi connectivity index (χ2v) is 21.3. The Labute approximate surface area is 445 Å². The number of nitrogens with zero attached hydrogens (tertiary/aromatic N) is 6. The van der Waals surface area contributed by atoms with Gasteiger partial charge < -0.3 is 39.6 Å². The Morgan fingerprint density at radius 3 is 1.06 bits per heavy atom. The van der Waals surface area contributed by atoms with E-state index in [1.807, 2.05) is 12.1 Å². The lowest BCUT2D eigenvalue weighted by atomic mass is 10.0. The molecule has 0 heterocycles. The highest BCUT2D eigenvalue weighted by Gasteiger charge is 2.11. The summed E-state index contributed by atoms with van der Waals surface area (Å²) in [6.45, 7) is 34.3. The quantitative estimate of drug-likeness (QED) is 0.0388. The number of thiol groups is 1. The molecule has 9 heteroatoms. The molecule has 0 saturated carbocycles. The molecule has 8 nitrogen and oxygen atoms in total. The van der Waals surface area contributed by atoms with Gasteiger partial charge in [-0.3, -0.25) is 0 Å². The first-order valence-corrected chi connectivity index (χ1v) is 29.3. The molecule has 71 heavy (non-hydrogen) atoms. The highest BCUT2D eigenvalue weighted by Crippen LogP contribution is 2.23. The van der Waals surface area contributed by atoms with Crippen LogP contribution in [0.1, 0.15) is 166 Å². The smallest absolute Gasteiger partial charge is 0.118 e. The van der Waals surface area contributed by atoms with E-state index in [2.05, 4.69) is 168 Å². The highest BCUT2D eigenvalue weighted by atomic mass is 32.1. The third kappa shape index (κ3) is 32.3. The summed E-state index contributed by atoms with van der Waals surface area (Å²) in [6, 6.07) is 19.1. The third-order valence-electron chi connectivity index (χ3n) is 13.2. The summed E-state index contributed by atoms with van der Waals surface area (Å²) < 4.78 is 0. The van der Waals surface area contributed by atoms with Crippen molar-refractivity contribution < 1.29 is 10.2 Å². The molecule has 3 aromatic carbocycles. The summed E-state index contributed by atoms with van der Waals surface area (Å²) in [6.07, 6.45) is 20.9. The topological polar surface area (TPSA) is 59.9 Å². The molecule has 0 bridgehead atoms. The Morgan fingerprint density at radius 2 is 0.634 bits per heavy atom. The second kappa shape index (κ2) is 42.7. The zero-order valence-electron chi connectivity index (χ0n) is 48.3. The van der Waals surface area contributed by atoms with Gasteiger partial charge in [0.2, 0.25) is 0 Å². The summed E-state index contributed by atoms with van der Waals surface area (Å²) in [4.78, 5) is 15.8. The van der Waals surface area contributed by atoms with Gasteiger partial charge in [-0.1, -0.05) is 91.8 Å². The Hall–Kier alpha value is -2.63. The molecule has 2 N–H and O–H groups in total. The van der Waals surface area contributed by atoms with E-state index in [1.165, 1.54) is 145 Å². The standard InChI is InChI=1S/C26H48N2O.C22H40N2O.C14H24N2S/c1-5-17-27(18-6-2)21-11-9-13-24-15-16-26(29)25(23-24)14-10-12-22-28(19-7-3)20-8-4;1-5-13-23(14-6-2)17-11-20-9-10-22(25)21(19-20)12-18-24(15-7-3)16-8-4;1-15(2)9-7-12-5-6-14(17)13(11-12)8-10-16(3)4/h15-16,23,29H,5-14,17-22H2,1-4H3;9-10,19,25H,5-8,11-18H2,1-4H3;5-6,11,17H,7-10H2,1-4H3. The molecule has 0 aliphatic carbocycles. The van der Waals surface area contributed by atoms with Gasteiger partial charge in [-0.05, 0) is 261 Å². The fraction of sp³-hybridized carbons (Fsp3) is 0.710. The maximum Gasteiger partial charge on any atom is 0.118 e. The molecule has 0 amide bonds. The molecule has 0 fully saturated rings. The molecular weight excluding hydrogens is 893 g/mol. The second-order valence-electron chi connectivity index (χ2n) is 20.8. The third-order valence-corrected chi connectivity index (χ3v) is 13.6. The van der Waals surface area contributed by atoms with Gasteiger partial charge in [-0.2, -0.15) is 0 Å². The van der Waals surface area contributed by atoms with Gasteiger partial charge >= 0.3 is 0 Å². The van der Waals surface area contributed by atoms with Crippen LogP contribution < -0.4 is 0 Å². The van der Waals surface area contributed by atoms with E-state index in [1.54, 1.807) is 0 Å². The maximum atomic E-state index is 10.3. The van der Waals surface area contributed by atoms with Crippen LogP contribution in [0.25, 0.3) is 0 Å². The number of likely N-dealkylation sites (N-methyl/N-ethyl adjacent to an activating group) is 2. The molecule has 0 spiro atoms.